The molecule has 0 aliphatic carbocycles. The molecule has 0 aliphatic rings. The summed E-state index contributed by atoms with van der Waals surface area (Å²) in [5.74, 6) is 1.17. The van der Waals surface area contributed by atoms with Crippen LogP contribution in [0, 0.1) is 0 Å². The highest BCUT2D eigenvalue weighted by Crippen LogP contribution is 2.28. The van der Waals surface area contributed by atoms with Crippen molar-refractivity contribution in [2.75, 3.05) is 25.6 Å². The van der Waals surface area contributed by atoms with Gasteiger partial charge in [-0.3, -0.25) is 9.59 Å². The zero-order valence-corrected chi connectivity index (χ0v) is 13.6. The molecule has 126 valence electrons. The third-order valence-corrected chi connectivity index (χ3v) is 3.12. The monoisotopic (exact) mass is 329 g/mol. The van der Waals surface area contributed by atoms with Gasteiger partial charge >= 0.3 is 0 Å². The number of benzene rings is 2. The lowest BCUT2D eigenvalue weighted by Gasteiger charge is -2.12. The van der Waals surface area contributed by atoms with Crippen LogP contribution < -0.4 is 19.5 Å². The van der Waals surface area contributed by atoms with E-state index in [9.17, 15) is 9.59 Å². The molecule has 0 saturated heterocycles. The quantitative estimate of drug-likeness (QED) is 0.754. The number of hydrogen-bond acceptors (Lipinski definition) is 5. The first kappa shape index (κ1) is 17.3. The van der Waals surface area contributed by atoms with Gasteiger partial charge in [-0.2, -0.15) is 0 Å². The van der Waals surface area contributed by atoms with Crippen molar-refractivity contribution in [3.8, 4) is 17.2 Å². The van der Waals surface area contributed by atoms with Crippen molar-refractivity contribution in [1.29, 1.82) is 0 Å². The summed E-state index contributed by atoms with van der Waals surface area (Å²) in [6.45, 7) is 2.07. The van der Waals surface area contributed by atoms with Crippen LogP contribution >= 0.6 is 0 Å². The zero-order valence-electron chi connectivity index (χ0n) is 13.6. The van der Waals surface area contributed by atoms with Crippen molar-refractivity contribution in [2.24, 2.45) is 0 Å². The van der Waals surface area contributed by atoms with Crippen LogP contribution in [0.1, 0.15) is 17.3 Å². The van der Waals surface area contributed by atoms with Gasteiger partial charge in [0, 0.05) is 17.3 Å². The average Bonchev–Trinajstić information content (AvgIpc) is 2.61. The Morgan fingerprint density at radius 1 is 1.12 bits per heavy atom. The second-order valence-corrected chi connectivity index (χ2v) is 4.83. The van der Waals surface area contributed by atoms with Gasteiger partial charge in [-0.15, -0.1) is 0 Å². The van der Waals surface area contributed by atoms with Gasteiger partial charge in [-0.05, 0) is 37.3 Å². The summed E-state index contributed by atoms with van der Waals surface area (Å²) in [7, 11) is 1.56. The van der Waals surface area contributed by atoms with E-state index >= 15 is 0 Å². The number of ether oxygens (including phenoxy) is 3. The molecule has 2 aromatic carbocycles. The minimum atomic E-state index is -0.315. The molecular formula is C18H19NO5. The first-order chi connectivity index (χ1) is 11.7. The number of aldehydes is 1. The van der Waals surface area contributed by atoms with E-state index in [0.29, 0.717) is 35.1 Å². The summed E-state index contributed by atoms with van der Waals surface area (Å²) in [6.07, 6.45) is 0.724. The summed E-state index contributed by atoms with van der Waals surface area (Å²) in [5.41, 5.74) is 1.09. The first-order valence-corrected chi connectivity index (χ1v) is 7.45. The average molecular weight is 329 g/mol. The summed E-state index contributed by atoms with van der Waals surface area (Å²) >= 11 is 0. The topological polar surface area (TPSA) is 73.9 Å². The SMILES string of the molecule is CCOc1cc(C=O)ccc1OCC(=O)Nc1cccc(OC)c1. The summed E-state index contributed by atoms with van der Waals surface area (Å²) < 4.78 is 16.0. The second kappa shape index (κ2) is 8.57. The van der Waals surface area contributed by atoms with E-state index < -0.39 is 0 Å². The number of methoxy groups -OCH3 is 1. The van der Waals surface area contributed by atoms with Gasteiger partial charge in [0.1, 0.15) is 12.0 Å². The van der Waals surface area contributed by atoms with Crippen molar-refractivity contribution in [2.45, 2.75) is 6.92 Å². The lowest BCUT2D eigenvalue weighted by molar-refractivity contribution is -0.118. The smallest absolute Gasteiger partial charge is 0.262 e. The highest BCUT2D eigenvalue weighted by Gasteiger charge is 2.09. The number of nitrogens with one attached hydrogen (secondary N) is 1. The molecule has 0 radical (unpaired) electrons. The molecule has 2 aromatic rings. The fraction of sp³-hybridized carbons (Fsp3) is 0.222. The molecule has 6 nitrogen and oxygen atoms in total. The Morgan fingerprint density at radius 3 is 2.67 bits per heavy atom. The summed E-state index contributed by atoms with van der Waals surface area (Å²) in [4.78, 5) is 22.8. The Hall–Kier alpha value is -3.02. The Morgan fingerprint density at radius 2 is 1.96 bits per heavy atom. The molecule has 2 rings (SSSR count). The molecule has 1 N–H and O–H groups in total. The van der Waals surface area contributed by atoms with Gasteiger partial charge < -0.3 is 19.5 Å². The maximum atomic E-state index is 12.0. The number of anilines is 1. The van der Waals surface area contributed by atoms with Crippen LogP contribution in [0.5, 0.6) is 17.2 Å². The number of carbonyl (C=O) groups is 2. The van der Waals surface area contributed by atoms with Crippen molar-refractivity contribution >= 4 is 17.9 Å². The van der Waals surface area contributed by atoms with Gasteiger partial charge in [0.15, 0.2) is 18.1 Å². The molecule has 0 saturated carbocycles. The molecule has 0 bridgehead atoms. The van der Waals surface area contributed by atoms with Crippen LogP contribution in [0.4, 0.5) is 5.69 Å². The highest BCUT2D eigenvalue weighted by atomic mass is 16.5. The molecule has 1 amide bonds. The molecular weight excluding hydrogens is 310 g/mol. The predicted octanol–water partition coefficient (Wildman–Crippen LogP) is 2.92. The number of rotatable bonds is 8. The molecule has 0 unspecified atom stereocenters. The standard InChI is InChI=1S/C18H19NO5/c1-3-23-17-9-13(11-20)7-8-16(17)24-12-18(21)19-14-5-4-6-15(10-14)22-2/h4-11H,3,12H2,1-2H3,(H,19,21). The lowest BCUT2D eigenvalue weighted by Crippen LogP contribution is -2.20. The van der Waals surface area contributed by atoms with E-state index in [1.54, 1.807) is 49.6 Å². The number of amides is 1. The van der Waals surface area contributed by atoms with Crippen LogP contribution in [0.15, 0.2) is 42.5 Å². The molecule has 0 spiro atoms. The number of hydrogen-bond donors (Lipinski definition) is 1. The van der Waals surface area contributed by atoms with E-state index in [4.69, 9.17) is 14.2 Å². The van der Waals surface area contributed by atoms with E-state index in [-0.39, 0.29) is 12.5 Å². The van der Waals surface area contributed by atoms with E-state index in [2.05, 4.69) is 5.32 Å². The van der Waals surface area contributed by atoms with Crippen molar-refractivity contribution in [1.82, 2.24) is 0 Å². The second-order valence-electron chi connectivity index (χ2n) is 4.83. The van der Waals surface area contributed by atoms with Crippen LogP contribution in [-0.4, -0.2) is 32.5 Å². The minimum absolute atomic E-state index is 0.183. The molecule has 6 heteroatoms. The Labute approximate surface area is 140 Å². The maximum Gasteiger partial charge on any atom is 0.262 e. The van der Waals surface area contributed by atoms with Crippen LogP contribution in [0.2, 0.25) is 0 Å². The zero-order chi connectivity index (χ0) is 17.4. The molecule has 0 atom stereocenters. The van der Waals surface area contributed by atoms with Crippen molar-refractivity contribution in [3.05, 3.63) is 48.0 Å². The van der Waals surface area contributed by atoms with Gasteiger partial charge in [-0.25, -0.2) is 0 Å². The van der Waals surface area contributed by atoms with Gasteiger partial charge in [-0.1, -0.05) is 6.07 Å². The Kier molecular flexibility index (Phi) is 6.19. The van der Waals surface area contributed by atoms with E-state index in [0.717, 1.165) is 6.29 Å². The largest absolute Gasteiger partial charge is 0.497 e. The van der Waals surface area contributed by atoms with Crippen molar-refractivity contribution < 1.29 is 23.8 Å². The third kappa shape index (κ3) is 4.74. The van der Waals surface area contributed by atoms with Crippen LogP contribution in [0.25, 0.3) is 0 Å². The van der Waals surface area contributed by atoms with Gasteiger partial charge in [0.25, 0.3) is 5.91 Å². The minimum Gasteiger partial charge on any atom is -0.497 e. The fourth-order valence-electron chi connectivity index (χ4n) is 2.03. The van der Waals surface area contributed by atoms with E-state index in [1.807, 2.05) is 6.92 Å². The Balaban J connectivity index is 1.99. The normalized spacial score (nSPS) is 9.92. The van der Waals surface area contributed by atoms with E-state index in [1.165, 1.54) is 0 Å². The highest BCUT2D eigenvalue weighted by molar-refractivity contribution is 5.92. The maximum absolute atomic E-state index is 12.0. The Bertz CT molecular complexity index is 714. The third-order valence-electron chi connectivity index (χ3n) is 3.12. The summed E-state index contributed by atoms with van der Waals surface area (Å²) in [6, 6.07) is 11.8. The number of carbonyl (C=O) groups excluding carboxylic acids is 2. The molecule has 0 aliphatic heterocycles. The van der Waals surface area contributed by atoms with Gasteiger partial charge in [0.2, 0.25) is 0 Å². The molecule has 0 aromatic heterocycles. The van der Waals surface area contributed by atoms with Gasteiger partial charge in [0.05, 0.1) is 13.7 Å². The molecule has 0 fully saturated rings. The molecule has 0 heterocycles. The van der Waals surface area contributed by atoms with Crippen LogP contribution in [0.3, 0.4) is 0 Å². The van der Waals surface area contributed by atoms with Crippen LogP contribution in [-0.2, 0) is 4.79 Å². The lowest BCUT2D eigenvalue weighted by atomic mass is 10.2. The fourth-order valence-corrected chi connectivity index (χ4v) is 2.03. The predicted molar refractivity (Wildman–Crippen MR) is 90.1 cm³/mol. The summed E-state index contributed by atoms with van der Waals surface area (Å²) in [5, 5.41) is 2.72. The first-order valence-electron chi connectivity index (χ1n) is 7.45. The van der Waals surface area contributed by atoms with Crippen molar-refractivity contribution in [3.63, 3.8) is 0 Å². The molecule has 24 heavy (non-hydrogen) atoms.